The van der Waals surface area contributed by atoms with E-state index in [4.69, 9.17) is 9.47 Å². The van der Waals surface area contributed by atoms with Crippen molar-refractivity contribution in [2.75, 3.05) is 0 Å². The Kier molecular flexibility index (Phi) is 6.23. The van der Waals surface area contributed by atoms with Gasteiger partial charge in [-0.05, 0) is 24.8 Å². The van der Waals surface area contributed by atoms with Crippen molar-refractivity contribution in [3.05, 3.63) is 48.6 Å². The fourth-order valence-electron chi connectivity index (χ4n) is 2.85. The Labute approximate surface area is 149 Å². The summed E-state index contributed by atoms with van der Waals surface area (Å²) in [6, 6.07) is 8.86. The topological polar surface area (TPSA) is 55.8 Å². The molecule has 1 saturated heterocycles. The smallest absolute Gasteiger partial charge is 0.413 e. The minimum atomic E-state index is -0.628. The largest absolute Gasteiger partial charge is 0.444 e. The van der Waals surface area contributed by atoms with Gasteiger partial charge in [0.15, 0.2) is 6.23 Å². The highest BCUT2D eigenvalue weighted by Gasteiger charge is 2.50. The lowest BCUT2D eigenvalue weighted by atomic mass is 9.93. The van der Waals surface area contributed by atoms with E-state index in [2.05, 4.69) is 6.58 Å². The third kappa shape index (κ3) is 4.84. The highest BCUT2D eigenvalue weighted by molar-refractivity contribution is 5.84. The molecule has 1 fully saturated rings. The predicted molar refractivity (Wildman–Crippen MR) is 95.6 cm³/mol. The lowest BCUT2D eigenvalue weighted by molar-refractivity contribution is -0.147. The maximum atomic E-state index is 12.7. The molecule has 1 amide bonds. The van der Waals surface area contributed by atoms with Crippen molar-refractivity contribution in [3.8, 4) is 0 Å². The van der Waals surface area contributed by atoms with E-state index in [-0.39, 0.29) is 12.6 Å². The number of carbonyl (C=O) groups excluding carboxylic acids is 2. The second-order valence-electron chi connectivity index (χ2n) is 7.34. The zero-order chi connectivity index (χ0) is 18.4. The minimum absolute atomic E-state index is 0.167. The molecule has 5 heteroatoms. The van der Waals surface area contributed by atoms with Gasteiger partial charge in [-0.3, -0.25) is 4.90 Å². The van der Waals surface area contributed by atoms with Gasteiger partial charge >= 0.3 is 12.1 Å². The molecule has 25 heavy (non-hydrogen) atoms. The van der Waals surface area contributed by atoms with Gasteiger partial charge in [0.2, 0.25) is 0 Å². The fourth-order valence-corrected chi connectivity index (χ4v) is 2.85. The van der Waals surface area contributed by atoms with E-state index >= 15 is 0 Å². The molecule has 1 aromatic rings. The number of rotatable bonds is 6. The molecule has 0 radical (unpaired) electrons. The summed E-state index contributed by atoms with van der Waals surface area (Å²) in [5.41, 5.74) is 0.507. The van der Waals surface area contributed by atoms with Crippen LogP contribution in [0.4, 0.5) is 4.79 Å². The molecule has 0 spiro atoms. The fraction of sp³-hybridized carbons (Fsp3) is 0.500. The van der Waals surface area contributed by atoms with Gasteiger partial charge in [-0.2, -0.15) is 0 Å². The summed E-state index contributed by atoms with van der Waals surface area (Å²) >= 11 is 0. The normalized spacial score (nSPS) is 20.3. The number of cyclic esters (lactones) is 1. The van der Waals surface area contributed by atoms with Crippen LogP contribution in [0.25, 0.3) is 0 Å². The number of carbonyl (C=O) groups is 2. The molecule has 2 rings (SSSR count). The van der Waals surface area contributed by atoms with Crippen LogP contribution in [0.3, 0.4) is 0 Å². The van der Waals surface area contributed by atoms with Gasteiger partial charge in [-0.15, -0.1) is 6.58 Å². The van der Waals surface area contributed by atoms with Crippen molar-refractivity contribution in [1.29, 1.82) is 0 Å². The van der Waals surface area contributed by atoms with Crippen LogP contribution in [-0.2, 0) is 20.9 Å². The molecule has 0 N–H and O–H groups in total. The second kappa shape index (κ2) is 8.19. The van der Waals surface area contributed by atoms with E-state index in [1.807, 2.05) is 51.1 Å². The van der Waals surface area contributed by atoms with Crippen LogP contribution in [0.1, 0.15) is 45.6 Å². The molecule has 5 nitrogen and oxygen atoms in total. The van der Waals surface area contributed by atoms with Crippen LogP contribution in [0.2, 0.25) is 0 Å². The molecule has 0 saturated carbocycles. The number of ether oxygens (including phenoxy) is 2. The summed E-state index contributed by atoms with van der Waals surface area (Å²) in [4.78, 5) is 26.5. The molecule has 1 aliphatic heterocycles. The Bertz CT molecular complexity index is 606. The Morgan fingerprint density at radius 1 is 1.32 bits per heavy atom. The first-order valence-electron chi connectivity index (χ1n) is 8.65. The lowest BCUT2D eigenvalue weighted by Crippen LogP contribution is -2.48. The number of amides is 1. The maximum Gasteiger partial charge on any atom is 0.413 e. The molecule has 1 heterocycles. The van der Waals surface area contributed by atoms with Gasteiger partial charge in [0.1, 0.15) is 12.6 Å². The first-order chi connectivity index (χ1) is 11.8. The van der Waals surface area contributed by atoms with Crippen molar-refractivity contribution >= 4 is 12.1 Å². The summed E-state index contributed by atoms with van der Waals surface area (Å²) in [5, 5.41) is 0. The summed E-state index contributed by atoms with van der Waals surface area (Å²) in [5.74, 6) is -0.361. The Morgan fingerprint density at radius 3 is 2.60 bits per heavy atom. The van der Waals surface area contributed by atoms with E-state index < -0.39 is 23.8 Å². The van der Waals surface area contributed by atoms with E-state index in [1.165, 1.54) is 4.90 Å². The van der Waals surface area contributed by atoms with Crippen molar-refractivity contribution < 1.29 is 19.1 Å². The second-order valence-corrected chi connectivity index (χ2v) is 7.34. The Hall–Kier alpha value is -2.30. The van der Waals surface area contributed by atoms with E-state index in [9.17, 15) is 9.59 Å². The summed E-state index contributed by atoms with van der Waals surface area (Å²) in [7, 11) is 0. The van der Waals surface area contributed by atoms with E-state index in [1.54, 1.807) is 6.08 Å². The van der Waals surface area contributed by atoms with Gasteiger partial charge in [0.05, 0.1) is 0 Å². The molecular weight excluding hydrogens is 318 g/mol. The molecule has 0 unspecified atom stereocenters. The van der Waals surface area contributed by atoms with Crippen LogP contribution in [0, 0.1) is 5.41 Å². The third-order valence-electron chi connectivity index (χ3n) is 4.13. The molecular formula is C20H27NO4. The van der Waals surface area contributed by atoms with Crippen LogP contribution >= 0.6 is 0 Å². The molecule has 1 aliphatic rings. The minimum Gasteiger partial charge on any atom is -0.444 e. The first kappa shape index (κ1) is 19.0. The van der Waals surface area contributed by atoms with Gasteiger partial charge in [-0.1, -0.05) is 57.2 Å². The Balaban J connectivity index is 2.12. The quantitative estimate of drug-likeness (QED) is 0.439. The zero-order valence-electron chi connectivity index (χ0n) is 15.2. The molecule has 136 valence electrons. The van der Waals surface area contributed by atoms with Crippen molar-refractivity contribution in [1.82, 2.24) is 4.90 Å². The highest BCUT2D eigenvalue weighted by Crippen LogP contribution is 2.34. The number of benzene rings is 1. The third-order valence-corrected chi connectivity index (χ3v) is 4.13. The van der Waals surface area contributed by atoms with Gasteiger partial charge in [0.25, 0.3) is 0 Å². The average molecular weight is 345 g/mol. The number of hydrogen-bond donors (Lipinski definition) is 0. The lowest BCUT2D eigenvalue weighted by Gasteiger charge is -2.33. The standard InChI is InChI=1S/C20H27NO4/c1-5-6-8-13-16-17(22)25-18(20(2,3)4)21(16)19(23)24-14-15-11-9-7-10-12-15/h5,7,9-12,16,18H,1,6,8,13-14H2,2-4H3/t16-,18+/m0/s1. The predicted octanol–water partition coefficient (Wildman–Crippen LogP) is 4.28. The molecule has 2 atom stereocenters. The SMILES string of the molecule is C=CCCC[C@H]1C(=O)O[C@H](C(C)(C)C)N1C(=O)OCc1ccccc1. The average Bonchev–Trinajstić information content (AvgIpc) is 2.91. The van der Waals surface area contributed by atoms with E-state index in [0.717, 1.165) is 18.4 Å². The van der Waals surface area contributed by atoms with Gasteiger partial charge in [-0.25, -0.2) is 9.59 Å². The summed E-state index contributed by atoms with van der Waals surface area (Å²) in [6.45, 7) is 9.68. The van der Waals surface area contributed by atoms with Crippen molar-refractivity contribution in [3.63, 3.8) is 0 Å². The van der Waals surface area contributed by atoms with Crippen LogP contribution in [-0.4, -0.2) is 29.2 Å². The Morgan fingerprint density at radius 2 is 2.00 bits per heavy atom. The highest BCUT2D eigenvalue weighted by atomic mass is 16.6. The molecule has 0 aromatic heterocycles. The van der Waals surface area contributed by atoms with Gasteiger partial charge < -0.3 is 9.47 Å². The number of nitrogens with zero attached hydrogens (tertiary/aromatic N) is 1. The molecule has 0 aliphatic carbocycles. The van der Waals surface area contributed by atoms with Crippen LogP contribution in [0.5, 0.6) is 0 Å². The number of allylic oxidation sites excluding steroid dienone is 1. The van der Waals surface area contributed by atoms with Crippen molar-refractivity contribution in [2.45, 2.75) is 58.9 Å². The summed E-state index contributed by atoms with van der Waals surface area (Å²) < 4.78 is 11.0. The van der Waals surface area contributed by atoms with E-state index in [0.29, 0.717) is 6.42 Å². The van der Waals surface area contributed by atoms with Crippen LogP contribution < -0.4 is 0 Å². The number of esters is 1. The van der Waals surface area contributed by atoms with Gasteiger partial charge in [0, 0.05) is 5.41 Å². The maximum absolute atomic E-state index is 12.7. The molecule has 0 bridgehead atoms. The number of hydrogen-bond acceptors (Lipinski definition) is 4. The monoisotopic (exact) mass is 345 g/mol. The summed E-state index contributed by atoms with van der Waals surface area (Å²) in [6.07, 6.45) is 2.76. The molecule has 1 aromatic carbocycles. The zero-order valence-corrected chi connectivity index (χ0v) is 15.2. The first-order valence-corrected chi connectivity index (χ1v) is 8.65. The number of unbranched alkanes of at least 4 members (excludes halogenated alkanes) is 1. The van der Waals surface area contributed by atoms with Crippen LogP contribution in [0.15, 0.2) is 43.0 Å². The van der Waals surface area contributed by atoms with Crippen molar-refractivity contribution in [2.24, 2.45) is 5.41 Å².